The smallest absolute Gasteiger partial charge is 0.127 e. The van der Waals surface area contributed by atoms with Gasteiger partial charge in [0.25, 0.3) is 0 Å². The highest BCUT2D eigenvalue weighted by atomic mass is 16.5. The summed E-state index contributed by atoms with van der Waals surface area (Å²) in [5, 5.41) is 0. The predicted octanol–water partition coefficient (Wildman–Crippen LogP) is 15.3. The van der Waals surface area contributed by atoms with Gasteiger partial charge >= 0.3 is 0 Å². The topological polar surface area (TPSA) is 27.7 Å². The zero-order chi connectivity index (χ0) is 36.1. The molecule has 0 aliphatic heterocycles. The van der Waals surface area contributed by atoms with E-state index in [9.17, 15) is 0 Å². The molecule has 0 saturated heterocycles. The van der Waals surface area contributed by atoms with Gasteiger partial charge in [-0.1, -0.05) is 168 Å². The monoisotopic (exact) mass is 691 g/mol. The van der Waals surface area contributed by atoms with Crippen molar-refractivity contribution in [1.82, 2.24) is 0 Å². The molecular weight excluding hydrogens is 613 g/mol. The second kappa shape index (κ2) is 29.2. The number of unbranched alkanes of at least 4 members (excludes halogenated alkanes) is 21. The molecule has 0 atom stereocenters. The van der Waals surface area contributed by atoms with Crippen LogP contribution >= 0.6 is 0 Å². The zero-order valence-corrected chi connectivity index (χ0v) is 33.8. The van der Waals surface area contributed by atoms with Gasteiger partial charge in [-0.3, -0.25) is 0 Å². The van der Waals surface area contributed by atoms with E-state index in [1.807, 2.05) is 0 Å². The van der Waals surface area contributed by atoms with Crippen LogP contribution in [0.5, 0.6) is 17.2 Å². The first kappa shape index (κ1) is 43.7. The average Bonchev–Trinajstić information content (AvgIpc) is 3.11. The molecule has 0 fully saturated rings. The lowest BCUT2D eigenvalue weighted by Crippen LogP contribution is -2.03. The van der Waals surface area contributed by atoms with Gasteiger partial charge in [-0.25, -0.2) is 0 Å². The number of benzene rings is 2. The second-order valence-corrected chi connectivity index (χ2v) is 14.9. The van der Waals surface area contributed by atoms with Crippen LogP contribution in [0.2, 0.25) is 0 Å². The largest absolute Gasteiger partial charge is 0.493 e. The highest BCUT2D eigenvalue weighted by Gasteiger charge is 2.11. The molecule has 3 nitrogen and oxygen atoms in total. The van der Waals surface area contributed by atoms with Gasteiger partial charge < -0.3 is 14.2 Å². The van der Waals surface area contributed by atoms with Gasteiger partial charge in [-0.15, -0.1) is 0 Å². The van der Waals surface area contributed by atoms with Gasteiger partial charge in [-0.05, 0) is 81.0 Å². The van der Waals surface area contributed by atoms with Crippen LogP contribution in [-0.4, -0.2) is 19.8 Å². The molecule has 0 aromatic heterocycles. The van der Waals surface area contributed by atoms with Crippen molar-refractivity contribution in [2.24, 2.45) is 0 Å². The Morgan fingerprint density at radius 1 is 0.340 bits per heavy atom. The van der Waals surface area contributed by atoms with E-state index in [4.69, 9.17) is 14.2 Å². The molecule has 0 aliphatic rings. The van der Waals surface area contributed by atoms with Crippen LogP contribution in [0.15, 0.2) is 24.3 Å². The summed E-state index contributed by atoms with van der Waals surface area (Å²) >= 11 is 0. The first-order valence-corrected chi connectivity index (χ1v) is 21.3. The fourth-order valence-corrected chi connectivity index (χ4v) is 6.59. The number of aryl methyl sites for hydroxylation is 3. The molecule has 3 heteroatoms. The highest BCUT2D eigenvalue weighted by Crippen LogP contribution is 2.32. The molecule has 0 bridgehead atoms. The maximum atomic E-state index is 6.47. The molecular formula is C47H78O3. The number of ether oxygens (including phenoxy) is 3. The zero-order valence-electron chi connectivity index (χ0n) is 33.8. The quantitative estimate of drug-likeness (QED) is 0.0565. The van der Waals surface area contributed by atoms with E-state index in [1.165, 1.54) is 146 Å². The molecule has 0 saturated carbocycles. The van der Waals surface area contributed by atoms with E-state index in [1.54, 1.807) is 0 Å². The van der Waals surface area contributed by atoms with Gasteiger partial charge in [-0.2, -0.15) is 0 Å². The molecule has 0 amide bonds. The lowest BCUT2D eigenvalue weighted by atomic mass is 10.0. The van der Waals surface area contributed by atoms with Crippen molar-refractivity contribution >= 4 is 12.2 Å². The van der Waals surface area contributed by atoms with Gasteiger partial charge in [0.1, 0.15) is 17.2 Å². The van der Waals surface area contributed by atoms with E-state index in [2.05, 4.69) is 78.0 Å². The SMILES string of the molecule is CCCCCCCCCCOc1cc(/C=C/c2cc(C)c(C)cc2OCCCCCCCCCC)c(OCCCCCCCCCC)cc1C. The summed E-state index contributed by atoms with van der Waals surface area (Å²) < 4.78 is 19.3. The minimum absolute atomic E-state index is 0.754. The normalized spacial score (nSPS) is 11.5. The van der Waals surface area contributed by atoms with Crippen molar-refractivity contribution < 1.29 is 14.2 Å². The summed E-state index contributed by atoms with van der Waals surface area (Å²) in [6.07, 6.45) is 35.7. The molecule has 0 radical (unpaired) electrons. The summed E-state index contributed by atoms with van der Waals surface area (Å²) in [4.78, 5) is 0. The van der Waals surface area contributed by atoms with Crippen molar-refractivity contribution in [3.63, 3.8) is 0 Å². The molecule has 0 unspecified atom stereocenters. The van der Waals surface area contributed by atoms with Gasteiger partial charge in [0.2, 0.25) is 0 Å². The minimum Gasteiger partial charge on any atom is -0.493 e. The summed E-state index contributed by atoms with van der Waals surface area (Å²) in [7, 11) is 0. The Labute approximate surface area is 310 Å². The van der Waals surface area contributed by atoms with Crippen LogP contribution in [0.3, 0.4) is 0 Å². The Kier molecular flexibility index (Phi) is 25.5. The number of hydrogen-bond acceptors (Lipinski definition) is 3. The van der Waals surface area contributed by atoms with Gasteiger partial charge in [0, 0.05) is 11.1 Å². The van der Waals surface area contributed by atoms with E-state index < -0.39 is 0 Å². The van der Waals surface area contributed by atoms with Crippen molar-refractivity contribution in [2.45, 2.75) is 196 Å². The summed E-state index contributed by atoms with van der Waals surface area (Å²) in [6, 6.07) is 8.87. The van der Waals surface area contributed by atoms with Crippen molar-refractivity contribution in [2.75, 3.05) is 19.8 Å². The van der Waals surface area contributed by atoms with Crippen LogP contribution in [0.25, 0.3) is 12.2 Å². The first-order valence-electron chi connectivity index (χ1n) is 21.3. The maximum absolute atomic E-state index is 6.47. The molecule has 0 aliphatic carbocycles. The first-order chi connectivity index (χ1) is 24.5. The minimum atomic E-state index is 0.754. The highest BCUT2D eigenvalue weighted by molar-refractivity contribution is 5.76. The molecule has 2 aromatic rings. The Bertz CT molecular complexity index is 1150. The molecule has 50 heavy (non-hydrogen) atoms. The second-order valence-electron chi connectivity index (χ2n) is 14.9. The van der Waals surface area contributed by atoms with Crippen LogP contribution in [0.4, 0.5) is 0 Å². The van der Waals surface area contributed by atoms with E-state index in [-0.39, 0.29) is 0 Å². The lowest BCUT2D eigenvalue weighted by Gasteiger charge is -2.16. The molecule has 0 spiro atoms. The van der Waals surface area contributed by atoms with Crippen molar-refractivity contribution in [3.8, 4) is 17.2 Å². The van der Waals surface area contributed by atoms with E-state index in [0.717, 1.165) is 73.0 Å². The Morgan fingerprint density at radius 3 is 1.04 bits per heavy atom. The van der Waals surface area contributed by atoms with Crippen LogP contribution < -0.4 is 14.2 Å². The number of rotatable bonds is 32. The van der Waals surface area contributed by atoms with E-state index in [0.29, 0.717) is 0 Å². The molecule has 0 N–H and O–H groups in total. The third kappa shape index (κ3) is 19.8. The van der Waals surface area contributed by atoms with Crippen LogP contribution in [0, 0.1) is 20.8 Å². The van der Waals surface area contributed by atoms with Crippen molar-refractivity contribution in [1.29, 1.82) is 0 Å². The summed E-state index contributed by atoms with van der Waals surface area (Å²) in [5.74, 6) is 2.90. The Balaban J connectivity index is 2.06. The van der Waals surface area contributed by atoms with Gasteiger partial charge in [0.05, 0.1) is 19.8 Å². The van der Waals surface area contributed by atoms with Crippen molar-refractivity contribution in [3.05, 3.63) is 52.1 Å². The summed E-state index contributed by atoms with van der Waals surface area (Å²) in [6.45, 7) is 15.7. The van der Waals surface area contributed by atoms with E-state index >= 15 is 0 Å². The maximum Gasteiger partial charge on any atom is 0.127 e. The fourth-order valence-electron chi connectivity index (χ4n) is 6.59. The Morgan fingerprint density at radius 2 is 0.640 bits per heavy atom. The fraction of sp³-hybridized carbons (Fsp3) is 0.702. The van der Waals surface area contributed by atoms with Crippen LogP contribution in [-0.2, 0) is 0 Å². The average molecular weight is 691 g/mol. The lowest BCUT2D eigenvalue weighted by molar-refractivity contribution is 0.294. The summed E-state index contributed by atoms with van der Waals surface area (Å²) in [5.41, 5.74) is 5.91. The molecule has 0 heterocycles. The van der Waals surface area contributed by atoms with Gasteiger partial charge in [0.15, 0.2) is 0 Å². The molecule has 284 valence electrons. The standard InChI is InChI=1S/C47H78O3/c1-7-10-13-16-19-22-25-28-33-48-45-39-44(47(38-42(45)6)50-35-30-27-24-21-18-15-12-9-3)32-31-43-36-40(4)41(5)37-46(43)49-34-29-26-23-20-17-14-11-8-2/h31-32,36-39H,7-30,33-35H2,1-6H3/b32-31+. The molecule has 2 rings (SSSR count). The molecule has 2 aromatic carbocycles. The Hall–Kier alpha value is -2.42. The number of hydrogen-bond donors (Lipinski definition) is 0. The van der Waals surface area contributed by atoms with Crippen LogP contribution in [0.1, 0.15) is 203 Å². The third-order valence-electron chi connectivity index (χ3n) is 10.1. The third-order valence-corrected chi connectivity index (χ3v) is 10.1. The predicted molar refractivity (Wildman–Crippen MR) is 220 cm³/mol.